The summed E-state index contributed by atoms with van der Waals surface area (Å²) in [6, 6.07) is 7.73. The molecule has 0 N–H and O–H groups in total. The third-order valence-electron chi connectivity index (χ3n) is 4.97. The fraction of sp³-hybridized carbons (Fsp3) is 0.263. The molecule has 5 rings (SSSR count). The molecule has 0 bridgehead atoms. The molecule has 0 atom stereocenters. The number of carbonyl (C=O) groups is 1. The Kier molecular flexibility index (Phi) is 3.12. The summed E-state index contributed by atoms with van der Waals surface area (Å²) in [5, 5.41) is 4.54. The number of rotatable bonds is 1. The van der Waals surface area contributed by atoms with E-state index in [1.54, 1.807) is 0 Å². The van der Waals surface area contributed by atoms with Crippen molar-refractivity contribution in [3.63, 3.8) is 0 Å². The molecule has 1 aliphatic heterocycles. The van der Waals surface area contributed by atoms with Crippen LogP contribution in [0, 0.1) is 13.8 Å². The minimum absolute atomic E-state index is 0.00333. The van der Waals surface area contributed by atoms with Crippen molar-refractivity contribution in [2.24, 2.45) is 0 Å². The normalized spacial score (nSPS) is 14.2. The van der Waals surface area contributed by atoms with Crippen molar-refractivity contribution in [1.29, 1.82) is 0 Å². The molecule has 7 heteroatoms. The summed E-state index contributed by atoms with van der Waals surface area (Å²) in [4.78, 5) is 24.1. The van der Waals surface area contributed by atoms with Gasteiger partial charge in [0.25, 0.3) is 5.91 Å². The smallest absolute Gasteiger partial charge is 0.273 e. The lowest BCUT2D eigenvalue weighted by atomic mass is 10.1. The van der Waals surface area contributed by atoms with Gasteiger partial charge < -0.3 is 4.90 Å². The van der Waals surface area contributed by atoms with Crippen molar-refractivity contribution < 1.29 is 4.79 Å². The van der Waals surface area contributed by atoms with Gasteiger partial charge in [0.1, 0.15) is 11.3 Å². The maximum Gasteiger partial charge on any atom is 0.273 e. The van der Waals surface area contributed by atoms with Crippen molar-refractivity contribution >= 4 is 17.2 Å². The molecule has 0 saturated heterocycles. The van der Waals surface area contributed by atoms with E-state index in [0.29, 0.717) is 18.8 Å². The maximum absolute atomic E-state index is 13.2. The first-order chi connectivity index (χ1) is 12.6. The number of amides is 1. The van der Waals surface area contributed by atoms with Crippen molar-refractivity contribution in [3.05, 3.63) is 65.0 Å². The number of hydrogen-bond acceptors (Lipinski definition) is 4. The quantitative estimate of drug-likeness (QED) is 0.530. The van der Waals surface area contributed by atoms with E-state index in [2.05, 4.69) is 15.1 Å². The van der Waals surface area contributed by atoms with Gasteiger partial charge in [-0.3, -0.25) is 9.20 Å². The van der Waals surface area contributed by atoms with E-state index in [1.807, 2.05) is 64.3 Å². The van der Waals surface area contributed by atoms with Gasteiger partial charge >= 0.3 is 0 Å². The lowest BCUT2D eigenvalue weighted by Crippen LogP contribution is -2.37. The molecule has 4 aromatic rings. The van der Waals surface area contributed by atoms with Gasteiger partial charge in [0, 0.05) is 43.5 Å². The van der Waals surface area contributed by atoms with Gasteiger partial charge in [0.2, 0.25) is 0 Å². The Labute approximate surface area is 149 Å². The van der Waals surface area contributed by atoms with E-state index in [4.69, 9.17) is 0 Å². The van der Waals surface area contributed by atoms with Crippen LogP contribution in [0.2, 0.25) is 0 Å². The minimum atomic E-state index is 0.00333. The molecule has 0 fully saturated rings. The van der Waals surface area contributed by atoms with E-state index in [0.717, 1.165) is 40.4 Å². The Morgan fingerprint density at radius 3 is 2.96 bits per heavy atom. The first-order valence-electron chi connectivity index (χ1n) is 8.68. The van der Waals surface area contributed by atoms with Crippen molar-refractivity contribution in [3.8, 4) is 0 Å². The molecular weight excluding hydrogens is 328 g/mol. The Hall–Kier alpha value is -3.22. The minimum Gasteiger partial charge on any atom is -0.332 e. The molecule has 1 aliphatic rings. The summed E-state index contributed by atoms with van der Waals surface area (Å²) in [6.45, 7) is 5.04. The number of carbonyl (C=O) groups excluding carboxylic acids is 1. The van der Waals surface area contributed by atoms with Crippen molar-refractivity contribution in [2.45, 2.75) is 26.8 Å². The van der Waals surface area contributed by atoms with Crippen LogP contribution in [0.5, 0.6) is 0 Å². The molecule has 0 radical (unpaired) electrons. The first kappa shape index (κ1) is 15.1. The zero-order valence-corrected chi connectivity index (χ0v) is 14.7. The lowest BCUT2D eigenvalue weighted by Gasteiger charge is -2.28. The molecule has 0 spiro atoms. The first-order valence-corrected chi connectivity index (χ1v) is 8.68. The molecule has 5 heterocycles. The second-order valence-corrected chi connectivity index (χ2v) is 6.74. The predicted molar refractivity (Wildman–Crippen MR) is 96.1 cm³/mol. The maximum atomic E-state index is 13.2. The number of aromatic nitrogens is 5. The molecular formula is C19H18N6O. The van der Waals surface area contributed by atoms with Crippen molar-refractivity contribution in [1.82, 2.24) is 28.9 Å². The molecule has 7 nitrogen and oxygen atoms in total. The van der Waals surface area contributed by atoms with Crippen LogP contribution in [0.15, 0.2) is 36.7 Å². The van der Waals surface area contributed by atoms with Crippen LogP contribution in [0.3, 0.4) is 0 Å². The number of nitrogens with zero attached hydrogens (tertiary/aromatic N) is 6. The van der Waals surface area contributed by atoms with Crippen LogP contribution < -0.4 is 0 Å². The van der Waals surface area contributed by atoms with E-state index in [-0.39, 0.29) is 5.91 Å². The fourth-order valence-corrected chi connectivity index (χ4v) is 3.75. The molecule has 0 aliphatic carbocycles. The number of pyridine rings is 1. The van der Waals surface area contributed by atoms with E-state index < -0.39 is 0 Å². The van der Waals surface area contributed by atoms with Crippen LogP contribution in [0.25, 0.3) is 11.3 Å². The highest BCUT2D eigenvalue weighted by molar-refractivity contribution is 5.94. The molecule has 130 valence electrons. The monoisotopic (exact) mass is 346 g/mol. The standard InChI is InChI=1S/C19H18N6O/c1-12-9-17-20-10-14-11-23(8-6-15(14)25(17)22-12)19(26)18-13(2)21-16-5-3-4-7-24(16)18/h3-5,7,9-10H,6,8,11H2,1-2H3. The molecule has 1 amide bonds. The highest BCUT2D eigenvalue weighted by atomic mass is 16.2. The van der Waals surface area contributed by atoms with Crippen LogP contribution in [0.4, 0.5) is 0 Å². The Morgan fingerprint density at radius 1 is 1.19 bits per heavy atom. The SMILES string of the molecule is Cc1cc2ncc3c(n2n1)CCN(C(=O)c1c(C)nc2ccccn12)C3. The highest BCUT2D eigenvalue weighted by Gasteiger charge is 2.27. The van der Waals surface area contributed by atoms with E-state index in [1.165, 1.54) is 0 Å². The third-order valence-corrected chi connectivity index (χ3v) is 4.97. The summed E-state index contributed by atoms with van der Waals surface area (Å²) in [7, 11) is 0. The van der Waals surface area contributed by atoms with E-state index in [9.17, 15) is 4.79 Å². The Bertz CT molecular complexity index is 1170. The summed E-state index contributed by atoms with van der Waals surface area (Å²) >= 11 is 0. The molecule has 4 aromatic heterocycles. The second kappa shape index (κ2) is 5.39. The van der Waals surface area contributed by atoms with Gasteiger partial charge in [0.15, 0.2) is 5.65 Å². The molecule has 0 saturated carbocycles. The topological polar surface area (TPSA) is 67.8 Å². The van der Waals surface area contributed by atoms with Crippen LogP contribution in [-0.2, 0) is 13.0 Å². The van der Waals surface area contributed by atoms with Gasteiger partial charge in [0.05, 0.1) is 17.1 Å². The van der Waals surface area contributed by atoms with Gasteiger partial charge in [-0.15, -0.1) is 0 Å². The van der Waals surface area contributed by atoms with Gasteiger partial charge in [-0.25, -0.2) is 14.5 Å². The van der Waals surface area contributed by atoms with Gasteiger partial charge in [-0.2, -0.15) is 5.10 Å². The zero-order valence-electron chi connectivity index (χ0n) is 14.7. The van der Waals surface area contributed by atoms with Crippen LogP contribution in [-0.4, -0.2) is 41.3 Å². The zero-order chi connectivity index (χ0) is 17.8. The second-order valence-electron chi connectivity index (χ2n) is 6.74. The third kappa shape index (κ3) is 2.13. The largest absolute Gasteiger partial charge is 0.332 e. The molecule has 0 unspecified atom stereocenters. The van der Waals surface area contributed by atoms with Gasteiger partial charge in [-0.1, -0.05) is 6.07 Å². The predicted octanol–water partition coefficient (Wildman–Crippen LogP) is 2.19. The molecule has 26 heavy (non-hydrogen) atoms. The Morgan fingerprint density at radius 2 is 2.08 bits per heavy atom. The number of aryl methyl sites for hydroxylation is 2. The van der Waals surface area contributed by atoms with Crippen LogP contribution in [0.1, 0.15) is 33.1 Å². The number of hydrogen-bond donors (Lipinski definition) is 0. The number of fused-ring (bicyclic) bond motifs is 4. The van der Waals surface area contributed by atoms with Gasteiger partial charge in [-0.05, 0) is 26.0 Å². The highest BCUT2D eigenvalue weighted by Crippen LogP contribution is 2.22. The average molecular weight is 346 g/mol. The fourth-order valence-electron chi connectivity index (χ4n) is 3.75. The summed E-state index contributed by atoms with van der Waals surface area (Å²) in [5.41, 5.74) is 6.18. The van der Waals surface area contributed by atoms with Crippen LogP contribution >= 0.6 is 0 Å². The van der Waals surface area contributed by atoms with E-state index >= 15 is 0 Å². The van der Waals surface area contributed by atoms with Crippen molar-refractivity contribution in [2.75, 3.05) is 6.54 Å². The lowest BCUT2D eigenvalue weighted by molar-refractivity contribution is 0.0724. The number of imidazole rings is 1. The average Bonchev–Trinajstić information content (AvgIpc) is 3.19. The Balaban J connectivity index is 1.53. The summed E-state index contributed by atoms with van der Waals surface area (Å²) in [6.07, 6.45) is 4.52. The molecule has 0 aromatic carbocycles. The summed E-state index contributed by atoms with van der Waals surface area (Å²) in [5.74, 6) is 0.00333. The summed E-state index contributed by atoms with van der Waals surface area (Å²) < 4.78 is 3.78.